The maximum absolute atomic E-state index is 14.5. The first-order valence-electron chi connectivity index (χ1n) is 26.1. The minimum atomic E-state index is -0.988. The molecule has 2 amide bonds. The highest BCUT2D eigenvalue weighted by Crippen LogP contribution is 2.37. The van der Waals surface area contributed by atoms with E-state index in [9.17, 15) is 42.7 Å². The molecule has 0 spiro atoms. The third kappa shape index (κ3) is 13.2. The molecule has 8 heterocycles. The fourth-order valence-corrected chi connectivity index (χ4v) is 12.3. The smallest absolute Gasteiger partial charge is 0.357 e. The quantitative estimate of drug-likeness (QED) is 0.0598. The molecule has 0 radical (unpaired) electrons. The molecular weight excluding hydrogens is 1220 g/mol. The van der Waals surface area contributed by atoms with Crippen LogP contribution in [-0.4, -0.2) is 155 Å². The Bertz CT molecular complexity index is 4060. The maximum Gasteiger partial charge on any atom is 0.357 e. The summed E-state index contributed by atoms with van der Waals surface area (Å²) in [6.45, 7) is 11.3. The SMILES string of the molecule is COCCO[C@@H](Cn1c(=O)n([C@@H]2CCN(C)C2=O)c(=O)c2c(C)c(-n3nccn3)sc21)c1cc(F)ccc1O.N#CCBr.[C-]#[N+]COc1ccc(F)cc1[C@H](Cn1c(=O)n([C@@H]2CCN(C)C2=O)c(=O)c2c(C)c(-n3nccn3)sc21)OCCOC. The van der Waals surface area contributed by atoms with Crippen molar-refractivity contribution in [3.05, 3.63) is 148 Å². The zero-order valence-corrected chi connectivity index (χ0v) is 49.9. The number of ether oxygens (including phenoxy) is 5. The van der Waals surface area contributed by atoms with Crippen molar-refractivity contribution >= 4 is 70.9 Å². The molecule has 2 saturated heterocycles. The topological polar surface area (TPSA) is 285 Å². The molecule has 2 fully saturated rings. The number of alkyl halides is 1. The summed E-state index contributed by atoms with van der Waals surface area (Å²) >= 11 is 5.17. The first-order valence-corrected chi connectivity index (χ1v) is 28.8. The number of likely N-dealkylation sites (tertiary alicyclic amines) is 2. The lowest BCUT2D eigenvalue weighted by atomic mass is 10.1. The molecule has 0 unspecified atom stereocenters. The van der Waals surface area contributed by atoms with Crippen molar-refractivity contribution in [1.29, 1.82) is 5.26 Å². The molecule has 0 aliphatic carbocycles. The predicted octanol–water partition coefficient (Wildman–Crippen LogP) is 4.99. The number of aryl methyl sites for hydroxylation is 2. The van der Waals surface area contributed by atoms with Crippen molar-refractivity contribution in [2.75, 3.05) is 79.9 Å². The van der Waals surface area contributed by atoms with Crippen molar-refractivity contribution in [1.82, 2.24) is 58.1 Å². The summed E-state index contributed by atoms with van der Waals surface area (Å²) in [5.41, 5.74) is -1.10. The van der Waals surface area contributed by atoms with Gasteiger partial charge in [-0.2, -0.15) is 25.7 Å². The number of nitrogens with zero attached hydrogens (tertiary/aromatic N) is 14. The number of hydrogen-bond acceptors (Lipinski definition) is 19. The number of carbonyl (C=O) groups is 2. The zero-order valence-electron chi connectivity index (χ0n) is 46.7. The van der Waals surface area contributed by atoms with Gasteiger partial charge in [0, 0.05) is 63.7 Å². The standard InChI is InChI=1S/C27H28FN7O6S.C25H27FN6O6S.C2H2BrN/c1-16-22-24(37)34(19-7-10-32(3)23(19)36)27(38)33(26(22)42-25(16)35-30-8-9-31-35)14-21(40-12-11-39-4)18-13-17(28)5-6-20(18)41-15-29-2;1-14-20-22(35)31(17-6-9-29(2)21(17)34)25(36)30(24(20)39-23(14)32-27-7-8-28-32)13-19(38-11-10-37-3)16-12-15(26)4-5-18(16)33;3-1-2-4/h5-6,8-9,13,19,21H,7,10-12,14-15H2,1,3-4H3;4-5,7-8,12,17,19,33H,6,9-11,13H2,1-3H3;1H2/t19-,21+;17-,19+;/m11./s1. The first-order chi connectivity index (χ1) is 40.9. The molecule has 448 valence electrons. The number of carbonyl (C=O) groups excluding carboxylic acids is 2. The Labute approximate surface area is 498 Å². The van der Waals surface area contributed by atoms with E-state index in [4.69, 9.17) is 35.5 Å². The number of aromatic hydroxyl groups is 1. The van der Waals surface area contributed by atoms with Gasteiger partial charge < -0.3 is 38.6 Å². The second-order valence-corrected chi connectivity index (χ2v) is 21.7. The second-order valence-electron chi connectivity index (χ2n) is 19.1. The Hall–Kier alpha value is -8.30. The van der Waals surface area contributed by atoms with Crippen LogP contribution in [-0.2, 0) is 41.6 Å². The number of phenolic OH excluding ortho intramolecular Hbond substituents is 1. The summed E-state index contributed by atoms with van der Waals surface area (Å²) in [6.07, 6.45) is 4.62. The van der Waals surface area contributed by atoms with E-state index in [1.54, 1.807) is 27.9 Å². The number of rotatable bonds is 20. The third-order valence-corrected chi connectivity index (χ3v) is 16.8. The van der Waals surface area contributed by atoms with E-state index in [1.165, 1.54) is 91.8 Å². The lowest BCUT2D eigenvalue weighted by molar-refractivity contribution is -0.130. The van der Waals surface area contributed by atoms with Gasteiger partial charge >= 0.3 is 18.1 Å². The molecule has 1 N–H and O–H groups in total. The molecule has 10 rings (SSSR count). The van der Waals surface area contributed by atoms with Gasteiger partial charge in [0.25, 0.3) is 11.1 Å². The van der Waals surface area contributed by atoms with E-state index >= 15 is 0 Å². The highest BCUT2D eigenvalue weighted by Gasteiger charge is 2.37. The molecule has 4 atom stereocenters. The summed E-state index contributed by atoms with van der Waals surface area (Å²) < 4.78 is 61.3. The number of nitriles is 1. The largest absolute Gasteiger partial charge is 0.508 e. The molecule has 2 aromatic carbocycles. The first kappa shape index (κ1) is 62.7. The Balaban J connectivity index is 0.000000209. The Morgan fingerprint density at radius 2 is 1.14 bits per heavy atom. The van der Waals surface area contributed by atoms with Gasteiger partial charge in [-0.1, -0.05) is 38.6 Å². The molecule has 2 aliphatic heterocycles. The molecular formula is C54H57BrF2N14O12S2. The Morgan fingerprint density at radius 1 is 0.718 bits per heavy atom. The van der Waals surface area contributed by atoms with Crippen LogP contribution >= 0.6 is 38.6 Å². The molecule has 8 aromatic rings. The van der Waals surface area contributed by atoms with Crippen molar-refractivity contribution in [3.8, 4) is 27.6 Å². The van der Waals surface area contributed by atoms with Crippen LogP contribution in [0.5, 0.6) is 11.5 Å². The number of hydrogen-bond donors (Lipinski definition) is 1. The van der Waals surface area contributed by atoms with Crippen LogP contribution in [0.2, 0.25) is 0 Å². The molecule has 0 saturated carbocycles. The average Bonchev–Trinajstić information content (AvgIpc) is 1.77. The number of phenols is 1. The normalized spacial score (nSPS) is 15.6. The van der Waals surface area contributed by atoms with E-state index in [2.05, 4.69) is 41.2 Å². The summed E-state index contributed by atoms with van der Waals surface area (Å²) in [7, 11) is 6.24. The van der Waals surface area contributed by atoms with Gasteiger partial charge in [0.2, 0.25) is 11.8 Å². The number of likely N-dealkylation sites (N-methyl/N-ethyl adjacent to an activating group) is 2. The highest BCUT2D eigenvalue weighted by molar-refractivity contribution is 9.09. The van der Waals surface area contributed by atoms with Gasteiger partial charge in [-0.3, -0.25) is 33.2 Å². The number of benzene rings is 2. The van der Waals surface area contributed by atoms with Crippen molar-refractivity contribution in [3.63, 3.8) is 0 Å². The molecule has 26 nitrogen and oxygen atoms in total. The number of thiophene rings is 2. The van der Waals surface area contributed by atoms with Gasteiger partial charge in [0.05, 0.1) is 86.5 Å². The average molecular weight is 1280 g/mol. The molecule has 0 bridgehead atoms. The third-order valence-electron chi connectivity index (χ3n) is 14.0. The van der Waals surface area contributed by atoms with Crippen LogP contribution in [0.25, 0.3) is 35.3 Å². The monoisotopic (exact) mass is 1270 g/mol. The van der Waals surface area contributed by atoms with Crippen molar-refractivity contribution in [2.45, 2.75) is 64.1 Å². The lowest BCUT2D eigenvalue weighted by Crippen LogP contribution is -2.44. The van der Waals surface area contributed by atoms with Gasteiger partial charge in [-0.15, -0.1) is 9.59 Å². The summed E-state index contributed by atoms with van der Waals surface area (Å²) in [4.78, 5) is 91.4. The van der Waals surface area contributed by atoms with E-state index in [0.29, 0.717) is 62.1 Å². The number of halogens is 3. The van der Waals surface area contributed by atoms with Gasteiger partial charge in [0.15, 0.2) is 0 Å². The van der Waals surface area contributed by atoms with E-state index in [0.717, 1.165) is 43.9 Å². The lowest BCUT2D eigenvalue weighted by Gasteiger charge is -2.23. The fraction of sp³-hybridized carbons (Fsp3) is 0.407. The molecule has 2 aliphatic rings. The van der Waals surface area contributed by atoms with Gasteiger partial charge in [0.1, 0.15) is 67.1 Å². The number of fused-ring (bicyclic) bond motifs is 2. The number of amides is 2. The highest BCUT2D eigenvalue weighted by atomic mass is 79.9. The fourth-order valence-electron chi connectivity index (χ4n) is 9.84. The van der Waals surface area contributed by atoms with Crippen LogP contribution in [0, 0.1) is 43.4 Å². The van der Waals surface area contributed by atoms with Crippen LogP contribution in [0.1, 0.15) is 59.4 Å². The maximum atomic E-state index is 14.5. The number of aromatic nitrogens is 10. The molecule has 85 heavy (non-hydrogen) atoms. The summed E-state index contributed by atoms with van der Waals surface area (Å²) in [6, 6.07) is 7.19. The van der Waals surface area contributed by atoms with E-state index in [-0.39, 0.29) is 91.5 Å². The predicted molar refractivity (Wildman–Crippen MR) is 310 cm³/mol. The number of methoxy groups -OCH3 is 2. The van der Waals surface area contributed by atoms with Crippen LogP contribution < -0.4 is 27.2 Å². The molecule has 6 aromatic heterocycles. The Kier molecular flexibility index (Phi) is 20.7. The molecule has 31 heteroatoms. The zero-order chi connectivity index (χ0) is 61.2. The van der Waals surface area contributed by atoms with Crippen molar-refractivity contribution in [2.24, 2.45) is 0 Å². The van der Waals surface area contributed by atoms with E-state index < -0.39 is 58.4 Å². The summed E-state index contributed by atoms with van der Waals surface area (Å²) in [5.74, 6) is -1.84. The second kappa shape index (κ2) is 28.1. The summed E-state index contributed by atoms with van der Waals surface area (Å²) in [5, 5.41) is 36.8. The minimum Gasteiger partial charge on any atom is -0.508 e. The van der Waals surface area contributed by atoms with Crippen LogP contribution in [0.3, 0.4) is 0 Å². The Morgan fingerprint density at radius 3 is 1.54 bits per heavy atom. The van der Waals surface area contributed by atoms with E-state index in [1.807, 2.05) is 6.07 Å². The van der Waals surface area contributed by atoms with Crippen LogP contribution in [0.15, 0.2) is 80.4 Å². The van der Waals surface area contributed by atoms with Crippen LogP contribution in [0.4, 0.5) is 8.78 Å². The van der Waals surface area contributed by atoms with Gasteiger partial charge in [-0.05, 0) is 63.1 Å². The minimum absolute atomic E-state index is 0.0898. The van der Waals surface area contributed by atoms with Crippen molar-refractivity contribution < 1.29 is 47.2 Å². The van der Waals surface area contributed by atoms with Gasteiger partial charge in [-0.25, -0.2) is 34.1 Å².